The Kier molecular flexibility index (Phi) is 7.08. The van der Waals surface area contributed by atoms with Gasteiger partial charge in [0.2, 0.25) is 11.8 Å². The van der Waals surface area contributed by atoms with Gasteiger partial charge < -0.3 is 15.4 Å². The van der Waals surface area contributed by atoms with E-state index in [1.807, 2.05) is 13.8 Å². The SMILES string of the molecule is CCC(CC)C(=O)NCC(=O)Nc1ccc(C(=O)OC)cc1. The summed E-state index contributed by atoms with van der Waals surface area (Å²) in [7, 11) is 1.31. The molecule has 6 heteroatoms. The van der Waals surface area contributed by atoms with Crippen molar-refractivity contribution in [2.45, 2.75) is 26.7 Å². The molecule has 2 amide bonds. The number of carbonyl (C=O) groups excluding carboxylic acids is 3. The average molecular weight is 306 g/mol. The van der Waals surface area contributed by atoms with E-state index in [-0.39, 0.29) is 24.3 Å². The molecule has 2 N–H and O–H groups in total. The van der Waals surface area contributed by atoms with E-state index in [1.165, 1.54) is 7.11 Å². The second-order valence-corrected chi connectivity index (χ2v) is 4.85. The largest absolute Gasteiger partial charge is 0.465 e. The molecule has 120 valence electrons. The Bertz CT molecular complexity index is 521. The third-order valence-corrected chi connectivity index (χ3v) is 3.37. The van der Waals surface area contributed by atoms with E-state index in [1.54, 1.807) is 24.3 Å². The second kappa shape index (κ2) is 8.81. The van der Waals surface area contributed by atoms with Gasteiger partial charge in [-0.15, -0.1) is 0 Å². The maximum Gasteiger partial charge on any atom is 0.337 e. The fourth-order valence-corrected chi connectivity index (χ4v) is 1.98. The normalized spacial score (nSPS) is 10.2. The highest BCUT2D eigenvalue weighted by molar-refractivity contribution is 5.95. The van der Waals surface area contributed by atoms with Gasteiger partial charge >= 0.3 is 5.97 Å². The Morgan fingerprint density at radius 1 is 1.09 bits per heavy atom. The topological polar surface area (TPSA) is 84.5 Å². The van der Waals surface area contributed by atoms with E-state index < -0.39 is 5.97 Å². The van der Waals surface area contributed by atoms with E-state index in [0.717, 1.165) is 12.8 Å². The van der Waals surface area contributed by atoms with Crippen LogP contribution >= 0.6 is 0 Å². The Labute approximate surface area is 130 Å². The summed E-state index contributed by atoms with van der Waals surface area (Å²) in [5.74, 6) is -0.922. The molecule has 0 unspecified atom stereocenters. The maximum absolute atomic E-state index is 11.8. The minimum Gasteiger partial charge on any atom is -0.465 e. The molecule has 22 heavy (non-hydrogen) atoms. The summed E-state index contributed by atoms with van der Waals surface area (Å²) >= 11 is 0. The van der Waals surface area contributed by atoms with Gasteiger partial charge in [-0.05, 0) is 37.1 Å². The monoisotopic (exact) mass is 306 g/mol. The van der Waals surface area contributed by atoms with Gasteiger partial charge in [0.1, 0.15) is 0 Å². The fourth-order valence-electron chi connectivity index (χ4n) is 1.98. The van der Waals surface area contributed by atoms with Crippen molar-refractivity contribution in [3.8, 4) is 0 Å². The molecule has 0 saturated carbocycles. The number of esters is 1. The zero-order valence-corrected chi connectivity index (χ0v) is 13.1. The summed E-state index contributed by atoms with van der Waals surface area (Å²) in [5.41, 5.74) is 0.956. The first kappa shape index (κ1) is 17.7. The van der Waals surface area contributed by atoms with Gasteiger partial charge in [0.05, 0.1) is 19.2 Å². The van der Waals surface area contributed by atoms with Gasteiger partial charge in [0, 0.05) is 11.6 Å². The summed E-state index contributed by atoms with van der Waals surface area (Å²) < 4.78 is 4.59. The summed E-state index contributed by atoms with van der Waals surface area (Å²) in [6.07, 6.45) is 1.50. The molecule has 0 bridgehead atoms. The highest BCUT2D eigenvalue weighted by Gasteiger charge is 2.14. The van der Waals surface area contributed by atoms with Crippen LogP contribution in [0.15, 0.2) is 24.3 Å². The number of hydrogen-bond donors (Lipinski definition) is 2. The molecular formula is C16H22N2O4. The Morgan fingerprint density at radius 2 is 1.68 bits per heavy atom. The van der Waals surface area contributed by atoms with Crippen LogP contribution < -0.4 is 10.6 Å². The molecule has 0 aromatic heterocycles. The molecule has 0 aliphatic carbocycles. The van der Waals surface area contributed by atoms with Crippen molar-refractivity contribution in [1.29, 1.82) is 0 Å². The standard InChI is InChI=1S/C16H22N2O4/c1-4-11(5-2)15(20)17-10-14(19)18-13-8-6-12(7-9-13)16(21)22-3/h6-9,11H,4-5,10H2,1-3H3,(H,17,20)(H,18,19). The molecule has 0 fully saturated rings. The number of hydrogen-bond acceptors (Lipinski definition) is 4. The smallest absolute Gasteiger partial charge is 0.337 e. The van der Waals surface area contributed by atoms with Gasteiger partial charge in [-0.3, -0.25) is 9.59 Å². The Balaban J connectivity index is 2.48. The Hall–Kier alpha value is -2.37. The molecule has 0 aliphatic rings. The molecule has 0 heterocycles. The number of rotatable bonds is 7. The van der Waals surface area contributed by atoms with Gasteiger partial charge in [-0.25, -0.2) is 4.79 Å². The Morgan fingerprint density at radius 3 is 2.18 bits per heavy atom. The zero-order valence-electron chi connectivity index (χ0n) is 13.1. The average Bonchev–Trinajstić information content (AvgIpc) is 2.54. The molecule has 0 atom stereocenters. The predicted octanol–water partition coefficient (Wildman–Crippen LogP) is 1.96. The molecule has 0 radical (unpaired) electrons. The van der Waals surface area contributed by atoms with Gasteiger partial charge in [0.15, 0.2) is 0 Å². The van der Waals surface area contributed by atoms with Crippen LogP contribution in [0.2, 0.25) is 0 Å². The van der Waals surface area contributed by atoms with Crippen LogP contribution in [-0.4, -0.2) is 31.4 Å². The van der Waals surface area contributed by atoms with Crippen molar-refractivity contribution in [2.24, 2.45) is 5.92 Å². The minimum absolute atomic E-state index is 0.0628. The van der Waals surface area contributed by atoms with Crippen LogP contribution in [0.5, 0.6) is 0 Å². The molecule has 6 nitrogen and oxygen atoms in total. The number of nitrogens with one attached hydrogen (secondary N) is 2. The van der Waals surface area contributed by atoms with Gasteiger partial charge in [-0.1, -0.05) is 13.8 Å². The second-order valence-electron chi connectivity index (χ2n) is 4.85. The summed E-state index contributed by atoms with van der Waals surface area (Å²) in [6, 6.07) is 6.33. The van der Waals surface area contributed by atoms with E-state index >= 15 is 0 Å². The molecular weight excluding hydrogens is 284 g/mol. The number of carbonyl (C=O) groups is 3. The lowest BCUT2D eigenvalue weighted by atomic mass is 10.0. The number of amides is 2. The molecule has 1 aromatic carbocycles. The summed E-state index contributed by atoms with van der Waals surface area (Å²) in [6.45, 7) is 3.81. The lowest BCUT2D eigenvalue weighted by molar-refractivity contribution is -0.127. The number of benzene rings is 1. The lowest BCUT2D eigenvalue weighted by Crippen LogP contribution is -2.36. The number of anilines is 1. The van der Waals surface area contributed by atoms with Crippen LogP contribution in [0.3, 0.4) is 0 Å². The molecule has 0 aliphatic heterocycles. The third kappa shape index (κ3) is 5.20. The van der Waals surface area contributed by atoms with Crippen molar-refractivity contribution in [3.63, 3.8) is 0 Å². The van der Waals surface area contributed by atoms with E-state index in [0.29, 0.717) is 11.3 Å². The molecule has 0 saturated heterocycles. The van der Waals surface area contributed by atoms with Crippen molar-refractivity contribution >= 4 is 23.5 Å². The van der Waals surface area contributed by atoms with Gasteiger partial charge in [-0.2, -0.15) is 0 Å². The van der Waals surface area contributed by atoms with E-state index in [2.05, 4.69) is 15.4 Å². The maximum atomic E-state index is 11.8. The minimum atomic E-state index is -0.435. The van der Waals surface area contributed by atoms with Crippen LogP contribution in [0.25, 0.3) is 0 Å². The van der Waals surface area contributed by atoms with Crippen molar-refractivity contribution in [3.05, 3.63) is 29.8 Å². The zero-order chi connectivity index (χ0) is 16.5. The predicted molar refractivity (Wildman–Crippen MR) is 83.5 cm³/mol. The molecule has 0 spiro atoms. The van der Waals surface area contributed by atoms with E-state index in [9.17, 15) is 14.4 Å². The summed E-state index contributed by atoms with van der Waals surface area (Å²) in [4.78, 5) is 34.8. The van der Waals surface area contributed by atoms with Crippen molar-refractivity contribution < 1.29 is 19.1 Å². The van der Waals surface area contributed by atoms with Crippen LogP contribution in [0.4, 0.5) is 5.69 Å². The van der Waals surface area contributed by atoms with Crippen LogP contribution in [-0.2, 0) is 14.3 Å². The highest BCUT2D eigenvalue weighted by Crippen LogP contribution is 2.10. The highest BCUT2D eigenvalue weighted by atomic mass is 16.5. The van der Waals surface area contributed by atoms with Crippen LogP contribution in [0, 0.1) is 5.92 Å². The number of methoxy groups -OCH3 is 1. The first-order valence-corrected chi connectivity index (χ1v) is 7.27. The summed E-state index contributed by atoms with van der Waals surface area (Å²) in [5, 5.41) is 5.27. The third-order valence-electron chi connectivity index (χ3n) is 3.37. The first-order valence-electron chi connectivity index (χ1n) is 7.27. The van der Waals surface area contributed by atoms with Gasteiger partial charge in [0.25, 0.3) is 0 Å². The van der Waals surface area contributed by atoms with Crippen LogP contribution in [0.1, 0.15) is 37.0 Å². The van der Waals surface area contributed by atoms with Crippen molar-refractivity contribution in [2.75, 3.05) is 19.0 Å². The number of ether oxygens (including phenoxy) is 1. The quantitative estimate of drug-likeness (QED) is 0.754. The molecule has 1 aromatic rings. The molecule has 1 rings (SSSR count). The lowest BCUT2D eigenvalue weighted by Gasteiger charge is -2.12. The fraction of sp³-hybridized carbons (Fsp3) is 0.438. The first-order chi connectivity index (χ1) is 10.5. The van der Waals surface area contributed by atoms with Crippen molar-refractivity contribution in [1.82, 2.24) is 5.32 Å². The van der Waals surface area contributed by atoms with E-state index in [4.69, 9.17) is 0 Å².